The minimum Gasteiger partial charge on any atom is -0.507 e. The molecule has 1 atom stereocenters. The van der Waals surface area contributed by atoms with E-state index in [9.17, 15) is 14.7 Å². The van der Waals surface area contributed by atoms with Gasteiger partial charge >= 0.3 is 11.6 Å². The first-order valence-electron chi connectivity index (χ1n) is 9.51. The Labute approximate surface area is 158 Å². The van der Waals surface area contributed by atoms with E-state index in [4.69, 9.17) is 14.3 Å². The number of aliphatic carboxylic acids is 1. The van der Waals surface area contributed by atoms with Crippen LogP contribution in [0.5, 0.6) is 11.5 Å². The van der Waals surface area contributed by atoms with Crippen LogP contribution in [0.25, 0.3) is 11.0 Å². The molecular formula is C21H28O6. The number of hydrogen-bond acceptors (Lipinski definition) is 5. The van der Waals surface area contributed by atoms with Gasteiger partial charge < -0.3 is 19.4 Å². The Balaban J connectivity index is 2.24. The van der Waals surface area contributed by atoms with Gasteiger partial charge in [0.1, 0.15) is 17.1 Å². The minimum absolute atomic E-state index is 0.0126. The summed E-state index contributed by atoms with van der Waals surface area (Å²) in [4.78, 5) is 23.0. The summed E-state index contributed by atoms with van der Waals surface area (Å²) in [7, 11) is 0. The summed E-state index contributed by atoms with van der Waals surface area (Å²) in [6, 6.07) is 3.12. The fourth-order valence-corrected chi connectivity index (χ4v) is 3.24. The molecule has 1 unspecified atom stereocenters. The molecule has 0 radical (unpaired) electrons. The number of unbranched alkanes of at least 4 members (excludes halogenated alkanes) is 3. The van der Waals surface area contributed by atoms with Gasteiger partial charge in [-0.3, -0.25) is 4.79 Å². The Morgan fingerprint density at radius 3 is 2.67 bits per heavy atom. The third-order valence-corrected chi connectivity index (χ3v) is 4.72. The summed E-state index contributed by atoms with van der Waals surface area (Å²) < 4.78 is 11.2. The maximum Gasteiger partial charge on any atom is 0.339 e. The molecule has 6 nitrogen and oxygen atoms in total. The number of hydrogen-bond donors (Lipinski definition) is 2. The fraction of sp³-hybridized carbons (Fsp3) is 0.524. The molecule has 0 aliphatic heterocycles. The number of phenols is 1. The molecule has 0 saturated carbocycles. The maximum absolute atomic E-state index is 12.2. The van der Waals surface area contributed by atoms with Crippen molar-refractivity contribution in [2.24, 2.45) is 0 Å². The Hall–Kier alpha value is -2.50. The summed E-state index contributed by atoms with van der Waals surface area (Å²) in [5, 5.41) is 19.7. The lowest BCUT2D eigenvalue weighted by Gasteiger charge is -2.16. The highest BCUT2D eigenvalue weighted by molar-refractivity contribution is 5.88. The lowest BCUT2D eigenvalue weighted by molar-refractivity contribution is -0.136. The molecule has 1 aromatic heterocycles. The minimum atomic E-state index is -0.991. The molecule has 1 aromatic carbocycles. The smallest absolute Gasteiger partial charge is 0.339 e. The Morgan fingerprint density at radius 1 is 1.26 bits per heavy atom. The number of carbonyl (C=O) groups is 1. The lowest BCUT2D eigenvalue weighted by atomic mass is 10.0. The molecule has 27 heavy (non-hydrogen) atoms. The molecule has 6 heteroatoms. The van der Waals surface area contributed by atoms with Crippen LogP contribution in [0.1, 0.15) is 63.5 Å². The molecule has 0 saturated heterocycles. The van der Waals surface area contributed by atoms with Crippen LogP contribution in [0, 0.1) is 6.92 Å². The number of fused-ring (bicyclic) bond motifs is 1. The van der Waals surface area contributed by atoms with Crippen molar-refractivity contribution in [1.82, 2.24) is 0 Å². The number of phenolic OH excluding ortho intramolecular Hbond substituents is 1. The molecule has 2 rings (SSSR count). The van der Waals surface area contributed by atoms with E-state index in [1.807, 2.05) is 6.92 Å². The summed E-state index contributed by atoms with van der Waals surface area (Å²) >= 11 is 0. The van der Waals surface area contributed by atoms with Gasteiger partial charge in [-0.25, -0.2) is 4.79 Å². The second kappa shape index (κ2) is 9.44. The zero-order valence-corrected chi connectivity index (χ0v) is 16.2. The van der Waals surface area contributed by atoms with Crippen LogP contribution in [-0.4, -0.2) is 22.3 Å². The zero-order valence-electron chi connectivity index (χ0n) is 16.2. The molecule has 148 valence electrons. The van der Waals surface area contributed by atoms with E-state index in [-0.39, 0.29) is 35.8 Å². The first kappa shape index (κ1) is 20.8. The van der Waals surface area contributed by atoms with Crippen LogP contribution in [0.15, 0.2) is 21.3 Å². The van der Waals surface area contributed by atoms with Gasteiger partial charge in [0.15, 0.2) is 0 Å². The summed E-state index contributed by atoms with van der Waals surface area (Å²) in [5.74, 6) is -0.586. The second-order valence-electron chi connectivity index (χ2n) is 6.98. The normalized spacial score (nSPS) is 12.3. The van der Waals surface area contributed by atoms with Crippen molar-refractivity contribution in [3.8, 4) is 11.5 Å². The van der Waals surface area contributed by atoms with Crippen molar-refractivity contribution < 1.29 is 24.2 Å². The molecule has 0 amide bonds. The molecular weight excluding hydrogens is 348 g/mol. The molecule has 0 aliphatic carbocycles. The summed E-state index contributed by atoms with van der Waals surface area (Å²) in [6.07, 6.45) is 5.42. The average molecular weight is 376 g/mol. The van der Waals surface area contributed by atoms with Gasteiger partial charge in [-0.05, 0) is 38.7 Å². The van der Waals surface area contributed by atoms with E-state index in [2.05, 4.69) is 6.92 Å². The quantitative estimate of drug-likeness (QED) is 0.466. The number of aromatic hydroxyl groups is 1. The molecule has 0 spiro atoms. The van der Waals surface area contributed by atoms with Crippen molar-refractivity contribution in [3.05, 3.63) is 33.7 Å². The van der Waals surface area contributed by atoms with Gasteiger partial charge in [0, 0.05) is 24.1 Å². The molecule has 0 bridgehead atoms. The summed E-state index contributed by atoms with van der Waals surface area (Å²) in [6.45, 7) is 5.83. The third kappa shape index (κ3) is 5.49. The van der Waals surface area contributed by atoms with Gasteiger partial charge in [-0.2, -0.15) is 0 Å². The third-order valence-electron chi connectivity index (χ3n) is 4.72. The topological polar surface area (TPSA) is 97.0 Å². The molecule has 2 aromatic rings. The fourth-order valence-electron chi connectivity index (χ4n) is 3.24. The number of carboxylic acid groups (broad SMARTS) is 1. The van der Waals surface area contributed by atoms with Gasteiger partial charge in [0.25, 0.3) is 0 Å². The van der Waals surface area contributed by atoms with Crippen LogP contribution in [0.3, 0.4) is 0 Å². The number of rotatable bonds is 10. The van der Waals surface area contributed by atoms with Crippen LogP contribution in [0.4, 0.5) is 0 Å². The van der Waals surface area contributed by atoms with E-state index in [1.54, 1.807) is 13.0 Å². The van der Waals surface area contributed by atoms with Crippen LogP contribution >= 0.6 is 0 Å². The van der Waals surface area contributed by atoms with E-state index in [1.165, 1.54) is 25.3 Å². The van der Waals surface area contributed by atoms with Crippen molar-refractivity contribution in [2.75, 3.05) is 0 Å². The predicted octanol–water partition coefficient (Wildman–Crippen LogP) is 4.56. The number of benzene rings is 1. The van der Waals surface area contributed by atoms with Gasteiger partial charge in [0.05, 0.1) is 11.5 Å². The highest BCUT2D eigenvalue weighted by Gasteiger charge is 2.17. The number of carboxylic acids is 1. The standard InChI is InChI=1S/C21H28O6/c1-4-5-6-7-8-13(2)26-15-11-17(22)20-14(3)16(9-10-19(23)24)21(25)27-18(20)12-15/h11-13,22H,4-10H2,1-3H3,(H,23,24). The van der Waals surface area contributed by atoms with Gasteiger partial charge in [-0.1, -0.05) is 26.2 Å². The Kier molecular flexibility index (Phi) is 7.28. The Morgan fingerprint density at radius 2 is 2.00 bits per heavy atom. The van der Waals surface area contributed by atoms with E-state index >= 15 is 0 Å². The Bertz CT molecular complexity index is 852. The second-order valence-corrected chi connectivity index (χ2v) is 6.98. The first-order valence-corrected chi connectivity index (χ1v) is 9.51. The van der Waals surface area contributed by atoms with Gasteiger partial charge in [-0.15, -0.1) is 0 Å². The van der Waals surface area contributed by atoms with Crippen LogP contribution < -0.4 is 10.4 Å². The van der Waals surface area contributed by atoms with E-state index in [0.717, 1.165) is 12.8 Å². The molecule has 1 heterocycles. The van der Waals surface area contributed by atoms with Gasteiger partial charge in [0.2, 0.25) is 0 Å². The number of ether oxygens (including phenoxy) is 1. The van der Waals surface area contributed by atoms with E-state index < -0.39 is 11.6 Å². The zero-order chi connectivity index (χ0) is 20.0. The molecule has 0 fully saturated rings. The lowest BCUT2D eigenvalue weighted by Crippen LogP contribution is -2.13. The van der Waals surface area contributed by atoms with Crippen molar-refractivity contribution in [2.45, 2.75) is 71.8 Å². The SMILES string of the molecule is CCCCCCC(C)Oc1cc(O)c2c(C)c(CCC(=O)O)c(=O)oc2c1. The maximum atomic E-state index is 12.2. The highest BCUT2D eigenvalue weighted by Crippen LogP contribution is 2.33. The van der Waals surface area contributed by atoms with E-state index in [0.29, 0.717) is 16.7 Å². The highest BCUT2D eigenvalue weighted by atomic mass is 16.5. The van der Waals surface area contributed by atoms with Crippen molar-refractivity contribution in [3.63, 3.8) is 0 Å². The summed E-state index contributed by atoms with van der Waals surface area (Å²) in [5.41, 5.74) is 0.479. The number of aryl methyl sites for hydroxylation is 1. The first-order chi connectivity index (χ1) is 12.8. The van der Waals surface area contributed by atoms with Crippen LogP contribution in [-0.2, 0) is 11.2 Å². The van der Waals surface area contributed by atoms with Crippen molar-refractivity contribution >= 4 is 16.9 Å². The largest absolute Gasteiger partial charge is 0.507 e. The average Bonchev–Trinajstić information content (AvgIpc) is 2.57. The van der Waals surface area contributed by atoms with Crippen molar-refractivity contribution in [1.29, 1.82) is 0 Å². The monoisotopic (exact) mass is 376 g/mol. The molecule has 2 N–H and O–H groups in total. The molecule has 0 aliphatic rings. The predicted molar refractivity (Wildman–Crippen MR) is 104 cm³/mol. The van der Waals surface area contributed by atoms with Crippen LogP contribution in [0.2, 0.25) is 0 Å².